The second-order valence-electron chi connectivity index (χ2n) is 7.67. The molecule has 0 spiro atoms. The molecule has 0 bridgehead atoms. The lowest BCUT2D eigenvalue weighted by atomic mass is 10.0. The van der Waals surface area contributed by atoms with Crippen molar-refractivity contribution in [2.75, 3.05) is 32.7 Å². The normalized spacial score (nSPS) is 21.7. The van der Waals surface area contributed by atoms with E-state index >= 15 is 0 Å². The summed E-state index contributed by atoms with van der Waals surface area (Å²) in [5, 5.41) is 0. The summed E-state index contributed by atoms with van der Waals surface area (Å²) in [5.41, 5.74) is 0. The Labute approximate surface area is 139 Å². The molecule has 0 aliphatic carbocycles. The summed E-state index contributed by atoms with van der Waals surface area (Å²) in [7, 11) is 0. The topological polar surface area (TPSA) is 6.48 Å². The fourth-order valence-electron chi connectivity index (χ4n) is 4.27. The van der Waals surface area contributed by atoms with Gasteiger partial charge in [0.2, 0.25) is 0 Å². The predicted molar refractivity (Wildman–Crippen MR) is 97.5 cm³/mol. The van der Waals surface area contributed by atoms with Gasteiger partial charge < -0.3 is 4.90 Å². The van der Waals surface area contributed by atoms with Gasteiger partial charge in [0, 0.05) is 12.6 Å². The largest absolute Gasteiger partial charge is 0.302 e. The zero-order valence-electron chi connectivity index (χ0n) is 15.2. The summed E-state index contributed by atoms with van der Waals surface area (Å²) in [5.74, 6) is 0. The first-order valence-electron chi connectivity index (χ1n) is 10.4. The molecule has 2 saturated heterocycles. The maximum atomic E-state index is 2.81. The first-order valence-corrected chi connectivity index (χ1v) is 10.4. The Balaban J connectivity index is 1.57. The molecule has 2 heterocycles. The van der Waals surface area contributed by atoms with Crippen molar-refractivity contribution in [3.8, 4) is 0 Å². The molecule has 0 N–H and O–H groups in total. The van der Waals surface area contributed by atoms with E-state index in [0.717, 1.165) is 6.04 Å². The predicted octanol–water partition coefficient (Wildman–Crippen LogP) is 5.08. The average Bonchev–Trinajstić information content (AvgIpc) is 3.21. The standard InChI is InChI=1S/C20H40N2/c1-2-3-4-5-6-7-8-9-14-20(22-17-12-13-18-22)19-21-15-10-11-16-21/h20H,2-19H2,1H3/t20-/m1/s1. The van der Waals surface area contributed by atoms with Gasteiger partial charge in [-0.2, -0.15) is 0 Å². The highest BCUT2D eigenvalue weighted by Crippen LogP contribution is 2.20. The summed E-state index contributed by atoms with van der Waals surface area (Å²) in [6.45, 7) is 9.13. The van der Waals surface area contributed by atoms with Crippen LogP contribution in [0.25, 0.3) is 0 Å². The summed E-state index contributed by atoms with van der Waals surface area (Å²) in [6.07, 6.45) is 18.8. The minimum Gasteiger partial charge on any atom is -0.302 e. The number of hydrogen-bond donors (Lipinski definition) is 0. The molecule has 0 radical (unpaired) electrons. The van der Waals surface area contributed by atoms with Crippen molar-refractivity contribution in [1.29, 1.82) is 0 Å². The van der Waals surface area contributed by atoms with Gasteiger partial charge in [0.15, 0.2) is 0 Å². The van der Waals surface area contributed by atoms with Crippen LogP contribution in [-0.2, 0) is 0 Å². The molecule has 2 rings (SSSR count). The van der Waals surface area contributed by atoms with E-state index in [-0.39, 0.29) is 0 Å². The minimum absolute atomic E-state index is 0.862. The van der Waals surface area contributed by atoms with E-state index in [0.29, 0.717) is 0 Å². The maximum absolute atomic E-state index is 2.81. The highest BCUT2D eigenvalue weighted by Gasteiger charge is 2.24. The Kier molecular flexibility index (Phi) is 9.51. The quantitative estimate of drug-likeness (QED) is 0.464. The molecule has 22 heavy (non-hydrogen) atoms. The third-order valence-electron chi connectivity index (χ3n) is 5.72. The van der Waals surface area contributed by atoms with Crippen LogP contribution in [0.1, 0.15) is 90.4 Å². The summed E-state index contributed by atoms with van der Waals surface area (Å²) in [6, 6.07) is 0.862. The average molecular weight is 309 g/mol. The molecule has 130 valence electrons. The van der Waals surface area contributed by atoms with E-state index in [1.807, 2.05) is 0 Å². The number of rotatable bonds is 12. The van der Waals surface area contributed by atoms with Gasteiger partial charge in [-0.1, -0.05) is 58.3 Å². The first kappa shape index (κ1) is 18.3. The van der Waals surface area contributed by atoms with Crippen LogP contribution in [0.15, 0.2) is 0 Å². The lowest BCUT2D eigenvalue weighted by Crippen LogP contribution is -2.41. The lowest BCUT2D eigenvalue weighted by molar-refractivity contribution is 0.167. The van der Waals surface area contributed by atoms with Crippen molar-refractivity contribution < 1.29 is 0 Å². The van der Waals surface area contributed by atoms with Gasteiger partial charge in [0.1, 0.15) is 0 Å². The van der Waals surface area contributed by atoms with Crippen molar-refractivity contribution in [3.63, 3.8) is 0 Å². The monoisotopic (exact) mass is 308 g/mol. The van der Waals surface area contributed by atoms with Crippen molar-refractivity contribution in [1.82, 2.24) is 9.80 Å². The van der Waals surface area contributed by atoms with Crippen LogP contribution >= 0.6 is 0 Å². The zero-order valence-corrected chi connectivity index (χ0v) is 15.2. The highest BCUT2D eigenvalue weighted by molar-refractivity contribution is 4.81. The molecule has 2 heteroatoms. The van der Waals surface area contributed by atoms with Gasteiger partial charge in [-0.05, 0) is 58.3 Å². The number of unbranched alkanes of at least 4 members (excludes halogenated alkanes) is 7. The fraction of sp³-hybridized carbons (Fsp3) is 1.00. The summed E-state index contributed by atoms with van der Waals surface area (Å²) >= 11 is 0. The van der Waals surface area contributed by atoms with Gasteiger partial charge >= 0.3 is 0 Å². The van der Waals surface area contributed by atoms with Crippen LogP contribution in [0.4, 0.5) is 0 Å². The third-order valence-corrected chi connectivity index (χ3v) is 5.72. The van der Waals surface area contributed by atoms with Crippen LogP contribution in [0, 0.1) is 0 Å². The van der Waals surface area contributed by atoms with Gasteiger partial charge in [-0.25, -0.2) is 0 Å². The van der Waals surface area contributed by atoms with Crippen LogP contribution in [-0.4, -0.2) is 48.6 Å². The first-order chi connectivity index (χ1) is 10.9. The highest BCUT2D eigenvalue weighted by atomic mass is 15.2. The van der Waals surface area contributed by atoms with Crippen molar-refractivity contribution in [2.45, 2.75) is 96.4 Å². The minimum atomic E-state index is 0.862. The van der Waals surface area contributed by atoms with Gasteiger partial charge in [0.25, 0.3) is 0 Å². The van der Waals surface area contributed by atoms with E-state index in [1.165, 1.54) is 116 Å². The molecule has 2 aliphatic heterocycles. The molecule has 1 atom stereocenters. The van der Waals surface area contributed by atoms with Crippen LogP contribution in [0.5, 0.6) is 0 Å². The Morgan fingerprint density at radius 3 is 1.86 bits per heavy atom. The molecule has 2 aliphatic rings. The number of hydrogen-bond acceptors (Lipinski definition) is 2. The lowest BCUT2D eigenvalue weighted by Gasteiger charge is -2.31. The molecule has 0 aromatic carbocycles. The Bertz CT molecular complexity index is 254. The maximum Gasteiger partial charge on any atom is 0.0223 e. The molecule has 0 unspecified atom stereocenters. The molecule has 2 fully saturated rings. The third kappa shape index (κ3) is 7.00. The molecule has 2 nitrogen and oxygen atoms in total. The molecular weight excluding hydrogens is 268 g/mol. The number of likely N-dealkylation sites (tertiary alicyclic amines) is 2. The molecule has 0 amide bonds. The van der Waals surface area contributed by atoms with Crippen molar-refractivity contribution in [3.05, 3.63) is 0 Å². The Morgan fingerprint density at radius 2 is 1.23 bits per heavy atom. The van der Waals surface area contributed by atoms with Crippen molar-refractivity contribution in [2.24, 2.45) is 0 Å². The second kappa shape index (κ2) is 11.5. The van der Waals surface area contributed by atoms with E-state index in [9.17, 15) is 0 Å². The number of nitrogens with zero attached hydrogens (tertiary/aromatic N) is 2. The second-order valence-corrected chi connectivity index (χ2v) is 7.67. The summed E-state index contributed by atoms with van der Waals surface area (Å²) in [4.78, 5) is 5.54. The van der Waals surface area contributed by atoms with Crippen molar-refractivity contribution >= 4 is 0 Å². The van der Waals surface area contributed by atoms with Crippen LogP contribution < -0.4 is 0 Å². The fourth-order valence-corrected chi connectivity index (χ4v) is 4.27. The molecular formula is C20H40N2. The van der Waals surface area contributed by atoms with E-state index in [1.54, 1.807) is 0 Å². The van der Waals surface area contributed by atoms with Gasteiger partial charge in [-0.15, -0.1) is 0 Å². The smallest absolute Gasteiger partial charge is 0.0223 e. The van der Waals surface area contributed by atoms with Gasteiger partial charge in [-0.3, -0.25) is 4.90 Å². The zero-order chi connectivity index (χ0) is 15.5. The van der Waals surface area contributed by atoms with Crippen LogP contribution in [0.2, 0.25) is 0 Å². The molecule has 0 aromatic heterocycles. The van der Waals surface area contributed by atoms with E-state index < -0.39 is 0 Å². The Morgan fingerprint density at radius 1 is 0.682 bits per heavy atom. The Hall–Kier alpha value is -0.0800. The van der Waals surface area contributed by atoms with Gasteiger partial charge in [0.05, 0.1) is 0 Å². The van der Waals surface area contributed by atoms with E-state index in [2.05, 4.69) is 16.7 Å². The van der Waals surface area contributed by atoms with E-state index in [4.69, 9.17) is 0 Å². The molecule has 0 aromatic rings. The summed E-state index contributed by atoms with van der Waals surface area (Å²) < 4.78 is 0. The SMILES string of the molecule is CCCCCCCCCC[C@H](CN1CCCC1)N1CCCC1. The van der Waals surface area contributed by atoms with Crippen LogP contribution in [0.3, 0.4) is 0 Å². The molecule has 0 saturated carbocycles.